The Kier molecular flexibility index (Phi) is 7.23. The second kappa shape index (κ2) is 9.85. The molecule has 0 atom stereocenters. The maximum Gasteiger partial charge on any atom is 0.252 e. The monoisotopic (exact) mass is 412 g/mol. The van der Waals surface area contributed by atoms with Crippen molar-refractivity contribution in [1.82, 2.24) is 4.57 Å². The van der Waals surface area contributed by atoms with E-state index in [-0.39, 0.29) is 5.91 Å². The Morgan fingerprint density at radius 3 is 2.69 bits per heavy atom. The molecule has 6 heteroatoms. The van der Waals surface area contributed by atoms with Gasteiger partial charge in [0, 0.05) is 13.2 Å². The van der Waals surface area contributed by atoms with Crippen LogP contribution in [0.25, 0.3) is 10.2 Å². The lowest BCUT2D eigenvalue weighted by molar-refractivity contribution is -0.117. The summed E-state index contributed by atoms with van der Waals surface area (Å²) in [5.41, 5.74) is 4.33. The molecule has 0 spiro atoms. The molecular weight excluding hydrogens is 384 g/mol. The van der Waals surface area contributed by atoms with Crippen LogP contribution in [-0.2, 0) is 22.5 Å². The molecule has 0 saturated carbocycles. The zero-order chi connectivity index (χ0) is 20.8. The maximum atomic E-state index is 12.7. The minimum atomic E-state index is -0.138. The molecule has 0 radical (unpaired) electrons. The summed E-state index contributed by atoms with van der Waals surface area (Å²) in [6.45, 7) is 10.5. The Bertz CT molecular complexity index is 1070. The molecule has 154 valence electrons. The van der Waals surface area contributed by atoms with Crippen molar-refractivity contribution in [2.24, 2.45) is 4.99 Å². The van der Waals surface area contributed by atoms with Crippen LogP contribution in [0, 0.1) is 13.8 Å². The number of carbonyl (C=O) groups is 1. The lowest BCUT2D eigenvalue weighted by Crippen LogP contribution is -2.20. The molecule has 0 aliphatic rings. The van der Waals surface area contributed by atoms with Crippen LogP contribution in [0.5, 0.6) is 5.75 Å². The van der Waals surface area contributed by atoms with Crippen LogP contribution in [0.4, 0.5) is 0 Å². The Morgan fingerprint density at radius 1 is 1.10 bits per heavy atom. The molecule has 3 rings (SSSR count). The number of benzene rings is 2. The summed E-state index contributed by atoms with van der Waals surface area (Å²) in [5, 5.41) is 0. The lowest BCUT2D eigenvalue weighted by Gasteiger charge is -2.07. The summed E-state index contributed by atoms with van der Waals surface area (Å²) >= 11 is 1.51. The maximum absolute atomic E-state index is 12.7. The molecule has 1 heterocycles. The quantitative estimate of drug-likeness (QED) is 0.515. The Hall–Kier alpha value is -2.44. The van der Waals surface area contributed by atoms with Gasteiger partial charge in [-0.05, 0) is 57.0 Å². The van der Waals surface area contributed by atoms with Gasteiger partial charge < -0.3 is 14.0 Å². The standard InChI is InChI=1S/C23H28N2O3S/c1-5-27-12-11-25-20-10-9-19(28-6-2)15-21(20)29-23(25)24-22(26)14-18-13-16(3)7-8-17(18)4/h7-10,13,15H,5-6,11-12,14H2,1-4H3. The number of fused-ring (bicyclic) bond motifs is 1. The van der Waals surface area contributed by atoms with Crippen molar-refractivity contribution in [3.05, 3.63) is 57.9 Å². The van der Waals surface area contributed by atoms with Crippen molar-refractivity contribution >= 4 is 27.5 Å². The summed E-state index contributed by atoms with van der Waals surface area (Å²) in [7, 11) is 0. The third kappa shape index (κ3) is 5.34. The number of nitrogens with zero attached hydrogens (tertiary/aromatic N) is 2. The first-order valence-corrected chi connectivity index (χ1v) is 10.8. The average Bonchev–Trinajstić information content (AvgIpc) is 3.01. The highest BCUT2D eigenvalue weighted by atomic mass is 32.1. The van der Waals surface area contributed by atoms with Gasteiger partial charge in [0.2, 0.25) is 0 Å². The number of hydrogen-bond acceptors (Lipinski definition) is 4. The van der Waals surface area contributed by atoms with Crippen molar-refractivity contribution in [2.45, 2.75) is 40.7 Å². The molecule has 0 N–H and O–H groups in total. The van der Waals surface area contributed by atoms with Gasteiger partial charge in [-0.15, -0.1) is 0 Å². The molecule has 2 aromatic carbocycles. The first-order chi connectivity index (χ1) is 14.0. The minimum Gasteiger partial charge on any atom is -0.494 e. The molecule has 0 fully saturated rings. The molecule has 0 aliphatic carbocycles. The molecular formula is C23H28N2O3S. The molecule has 0 unspecified atom stereocenters. The van der Waals surface area contributed by atoms with Gasteiger partial charge in [0.05, 0.1) is 29.9 Å². The smallest absolute Gasteiger partial charge is 0.252 e. The van der Waals surface area contributed by atoms with Crippen molar-refractivity contribution < 1.29 is 14.3 Å². The number of aromatic nitrogens is 1. The van der Waals surface area contributed by atoms with Gasteiger partial charge in [0.1, 0.15) is 5.75 Å². The van der Waals surface area contributed by atoms with Crippen LogP contribution in [0.2, 0.25) is 0 Å². The highest BCUT2D eigenvalue weighted by Crippen LogP contribution is 2.23. The van der Waals surface area contributed by atoms with Gasteiger partial charge in [-0.25, -0.2) is 0 Å². The Morgan fingerprint density at radius 2 is 1.93 bits per heavy atom. The molecule has 3 aromatic rings. The number of aryl methyl sites for hydroxylation is 2. The Balaban J connectivity index is 1.97. The topological polar surface area (TPSA) is 52.8 Å². The van der Waals surface area contributed by atoms with E-state index in [1.165, 1.54) is 11.3 Å². The molecule has 5 nitrogen and oxygen atoms in total. The molecule has 0 saturated heterocycles. The van der Waals surface area contributed by atoms with Crippen LogP contribution in [0.1, 0.15) is 30.5 Å². The fraction of sp³-hybridized carbons (Fsp3) is 0.391. The van der Waals surface area contributed by atoms with E-state index in [1.807, 2.05) is 45.9 Å². The third-order valence-corrected chi connectivity index (χ3v) is 5.74. The highest BCUT2D eigenvalue weighted by molar-refractivity contribution is 7.16. The first kappa shape index (κ1) is 21.3. The van der Waals surface area contributed by atoms with Gasteiger partial charge in [-0.3, -0.25) is 4.79 Å². The van der Waals surface area contributed by atoms with Gasteiger partial charge in [0.15, 0.2) is 4.80 Å². The van der Waals surface area contributed by atoms with E-state index in [2.05, 4.69) is 27.8 Å². The van der Waals surface area contributed by atoms with E-state index < -0.39 is 0 Å². The highest BCUT2D eigenvalue weighted by Gasteiger charge is 2.11. The second-order valence-corrected chi connectivity index (χ2v) is 7.92. The zero-order valence-electron chi connectivity index (χ0n) is 17.5. The largest absolute Gasteiger partial charge is 0.494 e. The van der Waals surface area contributed by atoms with Crippen molar-refractivity contribution in [2.75, 3.05) is 19.8 Å². The van der Waals surface area contributed by atoms with E-state index >= 15 is 0 Å². The van der Waals surface area contributed by atoms with Crippen LogP contribution >= 0.6 is 11.3 Å². The fourth-order valence-corrected chi connectivity index (χ4v) is 4.31. The van der Waals surface area contributed by atoms with Gasteiger partial charge in [-0.1, -0.05) is 35.1 Å². The molecule has 1 amide bonds. The SMILES string of the molecule is CCOCCn1c(=NC(=O)Cc2cc(C)ccc2C)sc2cc(OCC)ccc21. The van der Waals surface area contributed by atoms with E-state index in [9.17, 15) is 4.79 Å². The summed E-state index contributed by atoms with van der Waals surface area (Å²) in [6, 6.07) is 12.2. The van der Waals surface area contributed by atoms with Crippen molar-refractivity contribution in [3.8, 4) is 5.75 Å². The number of carbonyl (C=O) groups excluding carboxylic acids is 1. The summed E-state index contributed by atoms with van der Waals surface area (Å²) in [4.78, 5) is 17.9. The summed E-state index contributed by atoms with van der Waals surface area (Å²) in [6.07, 6.45) is 0.303. The van der Waals surface area contributed by atoms with Crippen LogP contribution in [0.3, 0.4) is 0 Å². The number of thiazole rings is 1. The lowest BCUT2D eigenvalue weighted by atomic mass is 10.0. The molecule has 1 aromatic heterocycles. The van der Waals surface area contributed by atoms with Crippen LogP contribution in [-0.4, -0.2) is 30.3 Å². The normalized spacial score (nSPS) is 11.9. The predicted octanol–water partition coefficient (Wildman–Crippen LogP) is 4.42. The van der Waals surface area contributed by atoms with E-state index in [1.54, 1.807) is 0 Å². The van der Waals surface area contributed by atoms with Crippen LogP contribution < -0.4 is 9.54 Å². The number of ether oxygens (including phenoxy) is 2. The van der Waals surface area contributed by atoms with Gasteiger partial charge in [-0.2, -0.15) is 4.99 Å². The van der Waals surface area contributed by atoms with Gasteiger partial charge >= 0.3 is 0 Å². The molecule has 29 heavy (non-hydrogen) atoms. The average molecular weight is 413 g/mol. The third-order valence-electron chi connectivity index (χ3n) is 4.70. The number of rotatable bonds is 8. The molecule has 0 aliphatic heterocycles. The van der Waals surface area contributed by atoms with E-state index in [4.69, 9.17) is 9.47 Å². The van der Waals surface area contributed by atoms with Gasteiger partial charge in [0.25, 0.3) is 5.91 Å². The van der Waals surface area contributed by atoms with Crippen molar-refractivity contribution in [1.29, 1.82) is 0 Å². The van der Waals surface area contributed by atoms with Crippen molar-refractivity contribution in [3.63, 3.8) is 0 Å². The summed E-state index contributed by atoms with van der Waals surface area (Å²) < 4.78 is 14.3. The number of amides is 1. The number of hydrogen-bond donors (Lipinski definition) is 0. The fourth-order valence-electron chi connectivity index (χ4n) is 3.21. The Labute approximate surface area is 175 Å². The summed E-state index contributed by atoms with van der Waals surface area (Å²) in [5.74, 6) is 0.687. The van der Waals surface area contributed by atoms with Crippen LogP contribution in [0.15, 0.2) is 41.4 Å². The zero-order valence-corrected chi connectivity index (χ0v) is 18.3. The molecule has 0 bridgehead atoms. The van der Waals surface area contributed by atoms with E-state index in [0.717, 1.165) is 32.7 Å². The first-order valence-electron chi connectivity index (χ1n) is 9.99. The second-order valence-electron chi connectivity index (χ2n) is 6.91. The van der Waals surface area contributed by atoms with E-state index in [0.29, 0.717) is 37.6 Å². The predicted molar refractivity (Wildman–Crippen MR) is 118 cm³/mol. The minimum absolute atomic E-state index is 0.138.